The van der Waals surface area contributed by atoms with Gasteiger partial charge in [0.05, 0.1) is 11.9 Å². The first-order valence-corrected chi connectivity index (χ1v) is 12.0. The number of nitrogens with zero attached hydrogens (tertiary/aromatic N) is 1. The standard InChI is InChI=1S/C28H23BrFN3O3/c1-18(27(34)32-25-9-5-4-8-24(25)30)28(35)33-31-16-23-22-7-3-2-6-20(22)12-15-26(23)36-17-19-10-13-21(29)14-11-19/h2-16,18H,17H2,1H3,(H,32,34)(H,33,35). The Morgan fingerprint density at radius 3 is 2.47 bits per heavy atom. The minimum Gasteiger partial charge on any atom is -0.488 e. The molecule has 182 valence electrons. The van der Waals surface area contributed by atoms with E-state index in [1.165, 1.54) is 31.3 Å². The number of anilines is 1. The Bertz CT molecular complexity index is 1420. The Hall–Kier alpha value is -4.04. The maximum absolute atomic E-state index is 13.8. The van der Waals surface area contributed by atoms with Crippen LogP contribution in [0.1, 0.15) is 18.1 Å². The number of hydrogen-bond donors (Lipinski definition) is 2. The van der Waals surface area contributed by atoms with Gasteiger partial charge < -0.3 is 10.1 Å². The SMILES string of the molecule is CC(C(=O)NN=Cc1c(OCc2ccc(Br)cc2)ccc2ccccc12)C(=O)Nc1ccccc1F. The smallest absolute Gasteiger partial charge is 0.252 e. The molecule has 0 aliphatic rings. The van der Waals surface area contributed by atoms with Crippen LogP contribution < -0.4 is 15.5 Å². The molecule has 0 saturated heterocycles. The van der Waals surface area contributed by atoms with Gasteiger partial charge in [0.25, 0.3) is 5.91 Å². The van der Waals surface area contributed by atoms with E-state index in [-0.39, 0.29) is 5.69 Å². The average Bonchev–Trinajstić information content (AvgIpc) is 2.89. The maximum Gasteiger partial charge on any atom is 0.252 e. The third-order valence-corrected chi connectivity index (χ3v) is 6.05. The maximum atomic E-state index is 13.8. The molecule has 0 heterocycles. The van der Waals surface area contributed by atoms with Crippen LogP contribution in [0.4, 0.5) is 10.1 Å². The van der Waals surface area contributed by atoms with Crippen molar-refractivity contribution in [2.45, 2.75) is 13.5 Å². The van der Waals surface area contributed by atoms with Crippen molar-refractivity contribution >= 4 is 50.4 Å². The molecule has 0 aliphatic carbocycles. The summed E-state index contributed by atoms with van der Waals surface area (Å²) >= 11 is 3.42. The summed E-state index contributed by atoms with van der Waals surface area (Å²) in [7, 11) is 0. The lowest BCUT2D eigenvalue weighted by atomic mass is 10.0. The van der Waals surface area contributed by atoms with Crippen LogP contribution in [0.5, 0.6) is 5.75 Å². The van der Waals surface area contributed by atoms with Crippen molar-refractivity contribution in [1.29, 1.82) is 0 Å². The summed E-state index contributed by atoms with van der Waals surface area (Å²) in [6.07, 6.45) is 1.50. The van der Waals surface area contributed by atoms with Gasteiger partial charge in [-0.3, -0.25) is 9.59 Å². The molecule has 8 heteroatoms. The van der Waals surface area contributed by atoms with Gasteiger partial charge in [-0.25, -0.2) is 9.82 Å². The largest absolute Gasteiger partial charge is 0.488 e. The fraction of sp³-hybridized carbons (Fsp3) is 0.107. The van der Waals surface area contributed by atoms with Gasteiger partial charge in [-0.05, 0) is 53.6 Å². The monoisotopic (exact) mass is 547 g/mol. The Kier molecular flexibility index (Phi) is 8.07. The second-order valence-corrected chi connectivity index (χ2v) is 8.95. The number of benzene rings is 4. The number of halogens is 2. The zero-order valence-electron chi connectivity index (χ0n) is 19.4. The summed E-state index contributed by atoms with van der Waals surface area (Å²) in [5.41, 5.74) is 4.09. The lowest BCUT2D eigenvalue weighted by Gasteiger charge is -2.13. The van der Waals surface area contributed by atoms with Crippen molar-refractivity contribution in [3.05, 3.63) is 106 Å². The van der Waals surface area contributed by atoms with Crippen molar-refractivity contribution in [2.24, 2.45) is 11.0 Å². The van der Waals surface area contributed by atoms with Crippen molar-refractivity contribution in [2.75, 3.05) is 5.32 Å². The van der Waals surface area contributed by atoms with Gasteiger partial charge in [0, 0.05) is 10.0 Å². The number of para-hydroxylation sites is 1. The van der Waals surface area contributed by atoms with Crippen LogP contribution in [-0.4, -0.2) is 18.0 Å². The summed E-state index contributed by atoms with van der Waals surface area (Å²) < 4.78 is 20.9. The van der Waals surface area contributed by atoms with Crippen LogP contribution in [0.3, 0.4) is 0 Å². The van der Waals surface area contributed by atoms with E-state index in [2.05, 4.69) is 31.8 Å². The Morgan fingerprint density at radius 1 is 0.972 bits per heavy atom. The molecule has 4 rings (SSSR count). The number of amides is 2. The van der Waals surface area contributed by atoms with Crippen molar-refractivity contribution in [3.8, 4) is 5.75 Å². The predicted molar refractivity (Wildman–Crippen MR) is 142 cm³/mol. The van der Waals surface area contributed by atoms with Crippen LogP contribution in [0, 0.1) is 11.7 Å². The molecule has 0 aliphatic heterocycles. The Balaban J connectivity index is 1.48. The third-order valence-electron chi connectivity index (χ3n) is 5.52. The van der Waals surface area contributed by atoms with Gasteiger partial charge in [-0.1, -0.05) is 70.5 Å². The first kappa shape index (κ1) is 25.1. The summed E-state index contributed by atoms with van der Waals surface area (Å²) in [4.78, 5) is 24.9. The molecular formula is C28H23BrFN3O3. The summed E-state index contributed by atoms with van der Waals surface area (Å²) in [5, 5.41) is 8.38. The molecule has 2 amide bonds. The highest BCUT2D eigenvalue weighted by Crippen LogP contribution is 2.27. The van der Waals surface area contributed by atoms with E-state index in [4.69, 9.17) is 4.74 Å². The molecule has 0 aromatic heterocycles. The zero-order valence-corrected chi connectivity index (χ0v) is 21.0. The Morgan fingerprint density at radius 2 is 1.69 bits per heavy atom. The number of carbonyl (C=O) groups is 2. The van der Waals surface area contributed by atoms with Crippen molar-refractivity contribution < 1.29 is 18.7 Å². The highest BCUT2D eigenvalue weighted by Gasteiger charge is 2.22. The van der Waals surface area contributed by atoms with Crippen LogP contribution in [0.2, 0.25) is 0 Å². The van der Waals surface area contributed by atoms with Crippen LogP contribution in [0.25, 0.3) is 10.8 Å². The molecule has 0 spiro atoms. The second-order valence-electron chi connectivity index (χ2n) is 8.04. The van der Waals surface area contributed by atoms with Crippen LogP contribution >= 0.6 is 15.9 Å². The average molecular weight is 548 g/mol. The number of hydrogen-bond acceptors (Lipinski definition) is 4. The van der Waals surface area contributed by atoms with Crippen LogP contribution in [0.15, 0.2) is 94.5 Å². The molecule has 0 saturated carbocycles. The molecule has 36 heavy (non-hydrogen) atoms. The highest BCUT2D eigenvalue weighted by molar-refractivity contribution is 9.10. The number of rotatable bonds is 8. The first-order valence-electron chi connectivity index (χ1n) is 11.2. The van der Waals surface area contributed by atoms with E-state index < -0.39 is 23.5 Å². The minimum absolute atomic E-state index is 0.00831. The first-order chi connectivity index (χ1) is 17.4. The predicted octanol–water partition coefficient (Wildman–Crippen LogP) is 6.05. The van der Waals surface area contributed by atoms with Gasteiger partial charge in [0.15, 0.2) is 0 Å². The molecule has 0 bridgehead atoms. The van der Waals surface area contributed by atoms with Gasteiger partial charge in [-0.15, -0.1) is 0 Å². The summed E-state index contributed by atoms with van der Waals surface area (Å²) in [6.45, 7) is 1.78. The van der Waals surface area contributed by atoms with Crippen molar-refractivity contribution in [3.63, 3.8) is 0 Å². The molecule has 6 nitrogen and oxygen atoms in total. The molecule has 0 fully saturated rings. The van der Waals surface area contributed by atoms with Gasteiger partial charge in [-0.2, -0.15) is 5.10 Å². The fourth-order valence-corrected chi connectivity index (χ4v) is 3.72. The lowest BCUT2D eigenvalue weighted by molar-refractivity contribution is -0.131. The second kappa shape index (κ2) is 11.6. The minimum atomic E-state index is -1.10. The third kappa shape index (κ3) is 6.14. The topological polar surface area (TPSA) is 79.8 Å². The van der Waals surface area contributed by atoms with E-state index >= 15 is 0 Å². The van der Waals surface area contributed by atoms with E-state index in [0.717, 1.165) is 20.8 Å². The number of carbonyl (C=O) groups excluding carboxylic acids is 2. The van der Waals surface area contributed by atoms with Gasteiger partial charge >= 0.3 is 0 Å². The van der Waals surface area contributed by atoms with Gasteiger partial charge in [0.2, 0.25) is 5.91 Å². The van der Waals surface area contributed by atoms with Crippen LogP contribution in [-0.2, 0) is 16.2 Å². The molecule has 0 radical (unpaired) electrons. The van der Waals surface area contributed by atoms with E-state index in [1.54, 1.807) is 6.07 Å². The molecule has 1 unspecified atom stereocenters. The number of ether oxygens (including phenoxy) is 1. The van der Waals surface area contributed by atoms with E-state index in [0.29, 0.717) is 17.9 Å². The lowest BCUT2D eigenvalue weighted by Crippen LogP contribution is -2.34. The molecule has 1 atom stereocenters. The number of fused-ring (bicyclic) bond motifs is 1. The quantitative estimate of drug-likeness (QED) is 0.160. The van der Waals surface area contributed by atoms with E-state index in [1.807, 2.05) is 60.7 Å². The normalized spacial score (nSPS) is 11.9. The molecule has 4 aromatic carbocycles. The van der Waals surface area contributed by atoms with Gasteiger partial charge in [0.1, 0.15) is 24.1 Å². The summed E-state index contributed by atoms with van der Waals surface area (Å²) in [6, 6.07) is 25.1. The molecular weight excluding hydrogens is 525 g/mol. The van der Waals surface area contributed by atoms with E-state index in [9.17, 15) is 14.0 Å². The Labute approximate surface area is 216 Å². The fourth-order valence-electron chi connectivity index (χ4n) is 3.46. The van der Waals surface area contributed by atoms with Crippen molar-refractivity contribution in [1.82, 2.24) is 5.43 Å². The molecule has 4 aromatic rings. The summed E-state index contributed by atoms with van der Waals surface area (Å²) in [5.74, 6) is -2.35. The number of hydrazone groups is 1. The number of nitrogens with one attached hydrogen (secondary N) is 2. The zero-order chi connectivity index (χ0) is 25.5. The molecule has 2 N–H and O–H groups in total. The highest BCUT2D eigenvalue weighted by atomic mass is 79.9.